The summed E-state index contributed by atoms with van der Waals surface area (Å²) in [5.74, 6) is -1.24. The Morgan fingerprint density at radius 3 is 2.43 bits per heavy atom. The highest BCUT2D eigenvalue weighted by molar-refractivity contribution is 5.84. The molecule has 1 rings (SSSR count). The quantitative estimate of drug-likeness (QED) is 0.656. The molecule has 5 heteroatoms. The molecule has 1 aliphatic carbocycles. The standard InChI is InChI=1S/C9H15NO4/c1-14-10-7(11)6-9(8(12)13)4-2-3-5-9/h2-6H2,1H3,(H,10,11)(H,12,13). The van der Waals surface area contributed by atoms with E-state index in [4.69, 9.17) is 5.11 Å². The first kappa shape index (κ1) is 11.0. The topological polar surface area (TPSA) is 75.6 Å². The Labute approximate surface area is 82.4 Å². The molecule has 80 valence electrons. The fourth-order valence-corrected chi connectivity index (χ4v) is 1.98. The van der Waals surface area contributed by atoms with E-state index in [1.807, 2.05) is 0 Å². The number of rotatable bonds is 4. The molecule has 2 N–H and O–H groups in total. The summed E-state index contributed by atoms with van der Waals surface area (Å²) in [6.07, 6.45) is 2.94. The first-order chi connectivity index (χ1) is 6.60. The monoisotopic (exact) mass is 201 g/mol. The Morgan fingerprint density at radius 1 is 1.43 bits per heavy atom. The zero-order valence-electron chi connectivity index (χ0n) is 8.21. The molecule has 0 unspecified atom stereocenters. The van der Waals surface area contributed by atoms with Crippen molar-refractivity contribution >= 4 is 11.9 Å². The van der Waals surface area contributed by atoms with Crippen LogP contribution in [-0.2, 0) is 14.4 Å². The zero-order chi connectivity index (χ0) is 10.6. The number of carboxylic acid groups (broad SMARTS) is 1. The predicted octanol–water partition coefficient (Wildman–Crippen LogP) is 0.699. The molecule has 0 saturated heterocycles. The molecule has 5 nitrogen and oxygen atoms in total. The van der Waals surface area contributed by atoms with Crippen LogP contribution in [0.4, 0.5) is 0 Å². The van der Waals surface area contributed by atoms with Gasteiger partial charge in [-0.1, -0.05) is 12.8 Å². The maximum Gasteiger partial charge on any atom is 0.310 e. The van der Waals surface area contributed by atoms with Gasteiger partial charge in [0.2, 0.25) is 5.91 Å². The van der Waals surface area contributed by atoms with E-state index in [0.29, 0.717) is 12.8 Å². The average Bonchev–Trinajstić information content (AvgIpc) is 2.54. The lowest BCUT2D eigenvalue weighted by Gasteiger charge is -2.22. The van der Waals surface area contributed by atoms with Crippen LogP contribution in [0.1, 0.15) is 32.1 Å². The smallest absolute Gasteiger partial charge is 0.310 e. The number of hydroxylamine groups is 1. The molecule has 0 aromatic heterocycles. The van der Waals surface area contributed by atoms with E-state index in [0.717, 1.165) is 12.8 Å². The summed E-state index contributed by atoms with van der Waals surface area (Å²) >= 11 is 0. The van der Waals surface area contributed by atoms with Crippen molar-refractivity contribution in [1.29, 1.82) is 0 Å². The van der Waals surface area contributed by atoms with Gasteiger partial charge in [0.25, 0.3) is 0 Å². The fraction of sp³-hybridized carbons (Fsp3) is 0.778. The normalized spacial score (nSPS) is 19.2. The van der Waals surface area contributed by atoms with Crippen molar-refractivity contribution in [2.75, 3.05) is 7.11 Å². The van der Waals surface area contributed by atoms with E-state index >= 15 is 0 Å². The number of hydrogen-bond acceptors (Lipinski definition) is 3. The van der Waals surface area contributed by atoms with Crippen LogP contribution in [-0.4, -0.2) is 24.1 Å². The first-order valence-electron chi connectivity index (χ1n) is 4.66. The van der Waals surface area contributed by atoms with Crippen LogP contribution in [0, 0.1) is 5.41 Å². The number of amides is 1. The van der Waals surface area contributed by atoms with Crippen molar-refractivity contribution in [3.8, 4) is 0 Å². The first-order valence-corrected chi connectivity index (χ1v) is 4.66. The molecule has 1 fully saturated rings. The van der Waals surface area contributed by atoms with Crippen molar-refractivity contribution in [2.24, 2.45) is 5.41 Å². The Bertz CT molecular complexity index is 233. The third-order valence-electron chi connectivity index (χ3n) is 2.73. The number of hydrogen-bond donors (Lipinski definition) is 2. The lowest BCUT2D eigenvalue weighted by atomic mass is 9.82. The molecule has 14 heavy (non-hydrogen) atoms. The van der Waals surface area contributed by atoms with Gasteiger partial charge in [-0.25, -0.2) is 5.48 Å². The Kier molecular flexibility index (Phi) is 3.46. The summed E-state index contributed by atoms with van der Waals surface area (Å²) < 4.78 is 0. The van der Waals surface area contributed by atoms with Crippen LogP contribution in [0.25, 0.3) is 0 Å². The molecule has 0 aromatic carbocycles. The van der Waals surface area contributed by atoms with E-state index in [1.54, 1.807) is 0 Å². The largest absolute Gasteiger partial charge is 0.481 e. The van der Waals surface area contributed by atoms with Crippen LogP contribution >= 0.6 is 0 Å². The predicted molar refractivity (Wildman–Crippen MR) is 48.3 cm³/mol. The Balaban J connectivity index is 2.60. The lowest BCUT2D eigenvalue weighted by molar-refractivity contribution is -0.153. The number of carbonyl (C=O) groups excluding carboxylic acids is 1. The van der Waals surface area contributed by atoms with Crippen molar-refractivity contribution in [3.05, 3.63) is 0 Å². The van der Waals surface area contributed by atoms with Gasteiger partial charge in [-0.3, -0.25) is 14.4 Å². The maximum absolute atomic E-state index is 11.2. The summed E-state index contributed by atoms with van der Waals surface area (Å²) in [4.78, 5) is 26.7. The second-order valence-corrected chi connectivity index (χ2v) is 3.70. The highest BCUT2D eigenvalue weighted by Gasteiger charge is 2.42. The van der Waals surface area contributed by atoms with Crippen molar-refractivity contribution in [2.45, 2.75) is 32.1 Å². The number of nitrogens with one attached hydrogen (secondary N) is 1. The summed E-state index contributed by atoms with van der Waals surface area (Å²) in [5.41, 5.74) is 1.29. The zero-order valence-corrected chi connectivity index (χ0v) is 8.21. The van der Waals surface area contributed by atoms with Gasteiger partial charge < -0.3 is 5.11 Å². The molecule has 0 radical (unpaired) electrons. The SMILES string of the molecule is CONC(=O)CC1(C(=O)O)CCCC1. The Morgan fingerprint density at radius 2 is 2.00 bits per heavy atom. The van der Waals surface area contributed by atoms with Crippen molar-refractivity contribution < 1.29 is 19.5 Å². The highest BCUT2D eigenvalue weighted by atomic mass is 16.6. The number of aliphatic carboxylic acids is 1. The average molecular weight is 201 g/mol. The molecule has 0 atom stereocenters. The fourth-order valence-electron chi connectivity index (χ4n) is 1.98. The molecule has 0 spiro atoms. The molecule has 1 saturated carbocycles. The minimum Gasteiger partial charge on any atom is -0.481 e. The number of carbonyl (C=O) groups is 2. The summed E-state index contributed by atoms with van der Waals surface area (Å²) in [6.45, 7) is 0. The van der Waals surface area contributed by atoms with Crippen LogP contribution in [0.15, 0.2) is 0 Å². The third kappa shape index (κ3) is 2.23. The van der Waals surface area contributed by atoms with Gasteiger partial charge in [0.05, 0.1) is 12.5 Å². The minimum absolute atomic E-state index is 0.0101. The van der Waals surface area contributed by atoms with Crippen LogP contribution in [0.3, 0.4) is 0 Å². The molecule has 0 aromatic rings. The second-order valence-electron chi connectivity index (χ2n) is 3.70. The van der Waals surface area contributed by atoms with E-state index < -0.39 is 11.4 Å². The second kappa shape index (κ2) is 4.41. The summed E-state index contributed by atoms with van der Waals surface area (Å²) in [6, 6.07) is 0. The molecule has 1 aliphatic rings. The van der Waals surface area contributed by atoms with Gasteiger partial charge in [-0.2, -0.15) is 0 Å². The van der Waals surface area contributed by atoms with Gasteiger partial charge >= 0.3 is 5.97 Å². The third-order valence-corrected chi connectivity index (χ3v) is 2.73. The van der Waals surface area contributed by atoms with E-state index in [-0.39, 0.29) is 12.3 Å². The van der Waals surface area contributed by atoms with Crippen molar-refractivity contribution in [1.82, 2.24) is 5.48 Å². The van der Waals surface area contributed by atoms with Crippen LogP contribution < -0.4 is 5.48 Å². The van der Waals surface area contributed by atoms with Gasteiger partial charge in [0.1, 0.15) is 0 Å². The van der Waals surface area contributed by atoms with Crippen LogP contribution in [0.5, 0.6) is 0 Å². The molecule has 0 aliphatic heterocycles. The lowest BCUT2D eigenvalue weighted by Crippen LogP contribution is -2.35. The molecule has 0 heterocycles. The van der Waals surface area contributed by atoms with Gasteiger partial charge in [-0.05, 0) is 12.8 Å². The highest BCUT2D eigenvalue weighted by Crippen LogP contribution is 2.41. The van der Waals surface area contributed by atoms with Gasteiger partial charge in [-0.15, -0.1) is 0 Å². The molecule has 0 bridgehead atoms. The Hall–Kier alpha value is -1.10. The van der Waals surface area contributed by atoms with Gasteiger partial charge in [0.15, 0.2) is 0 Å². The van der Waals surface area contributed by atoms with E-state index in [9.17, 15) is 9.59 Å². The number of carboxylic acids is 1. The van der Waals surface area contributed by atoms with Gasteiger partial charge in [0, 0.05) is 6.42 Å². The van der Waals surface area contributed by atoms with Crippen molar-refractivity contribution in [3.63, 3.8) is 0 Å². The van der Waals surface area contributed by atoms with E-state index in [1.165, 1.54) is 7.11 Å². The molecular weight excluding hydrogens is 186 g/mol. The van der Waals surface area contributed by atoms with E-state index in [2.05, 4.69) is 10.3 Å². The summed E-state index contributed by atoms with van der Waals surface area (Å²) in [5, 5.41) is 9.06. The molecule has 1 amide bonds. The minimum atomic E-state index is -0.874. The molecular formula is C9H15NO4. The maximum atomic E-state index is 11.2. The summed E-state index contributed by atoms with van der Waals surface area (Å²) in [7, 11) is 1.33. The van der Waals surface area contributed by atoms with Crippen LogP contribution in [0.2, 0.25) is 0 Å².